The summed E-state index contributed by atoms with van der Waals surface area (Å²) in [6.07, 6.45) is 0. The first-order valence-corrected chi connectivity index (χ1v) is 6.02. The highest BCUT2D eigenvalue weighted by Crippen LogP contribution is 2.26. The minimum atomic E-state index is -0.584. The topological polar surface area (TPSA) is 81.0 Å². The maximum absolute atomic E-state index is 13.0. The summed E-state index contributed by atoms with van der Waals surface area (Å²) in [5, 5.41) is 13.7. The van der Waals surface area contributed by atoms with Crippen LogP contribution >= 0.6 is 11.6 Å². The molecule has 8 heteroatoms. The molecule has 0 saturated heterocycles. The van der Waals surface area contributed by atoms with Crippen LogP contribution in [-0.2, 0) is 6.54 Å². The van der Waals surface area contributed by atoms with Crippen LogP contribution in [-0.4, -0.2) is 14.9 Å². The summed E-state index contributed by atoms with van der Waals surface area (Å²) in [5.74, 6) is -0.368. The molecule has 0 unspecified atom stereocenters. The first kappa shape index (κ1) is 14.1. The summed E-state index contributed by atoms with van der Waals surface area (Å²) >= 11 is 5.69. The predicted molar refractivity (Wildman–Crippen MR) is 72.2 cm³/mol. The second-order valence-corrected chi connectivity index (χ2v) is 4.35. The number of nitrogens with zero attached hydrogens (tertiary/aromatic N) is 3. The Morgan fingerprint density at radius 3 is 2.85 bits per heavy atom. The lowest BCUT2D eigenvalue weighted by atomic mass is 10.2. The van der Waals surface area contributed by atoms with E-state index in [4.69, 9.17) is 11.6 Å². The minimum absolute atomic E-state index is 0.0109. The van der Waals surface area contributed by atoms with Crippen LogP contribution in [0.15, 0.2) is 24.3 Å². The Balaban J connectivity index is 2.27. The lowest BCUT2D eigenvalue weighted by molar-refractivity contribution is -0.385. The van der Waals surface area contributed by atoms with Crippen molar-refractivity contribution in [1.82, 2.24) is 9.97 Å². The molecule has 0 aliphatic rings. The van der Waals surface area contributed by atoms with E-state index in [1.807, 2.05) is 0 Å². The van der Waals surface area contributed by atoms with Crippen LogP contribution in [0.4, 0.5) is 15.9 Å². The number of aryl methyl sites for hydroxylation is 1. The lowest BCUT2D eigenvalue weighted by Crippen LogP contribution is -2.07. The molecular formula is C12H10ClFN4O2. The molecule has 20 heavy (non-hydrogen) atoms. The number of rotatable bonds is 4. The van der Waals surface area contributed by atoms with Crippen LogP contribution in [0.25, 0.3) is 0 Å². The van der Waals surface area contributed by atoms with E-state index >= 15 is 0 Å². The average Bonchev–Trinajstić information content (AvgIpc) is 2.35. The smallest absolute Gasteiger partial charge is 0.332 e. The highest BCUT2D eigenvalue weighted by Gasteiger charge is 2.21. The third-order valence-electron chi connectivity index (χ3n) is 2.56. The van der Waals surface area contributed by atoms with Gasteiger partial charge in [0.15, 0.2) is 0 Å². The van der Waals surface area contributed by atoms with Crippen molar-refractivity contribution < 1.29 is 9.31 Å². The second-order valence-electron chi connectivity index (χ2n) is 4.02. The molecule has 0 aliphatic heterocycles. The first-order valence-electron chi connectivity index (χ1n) is 5.64. The summed E-state index contributed by atoms with van der Waals surface area (Å²) < 4.78 is 13.0. The average molecular weight is 297 g/mol. The van der Waals surface area contributed by atoms with E-state index in [2.05, 4.69) is 15.3 Å². The molecule has 0 fully saturated rings. The molecule has 2 aromatic rings. The number of hydrogen-bond donors (Lipinski definition) is 1. The van der Waals surface area contributed by atoms with Crippen molar-refractivity contribution in [2.75, 3.05) is 5.32 Å². The summed E-state index contributed by atoms with van der Waals surface area (Å²) in [5.41, 5.74) is 0.550. The summed E-state index contributed by atoms with van der Waals surface area (Å²) in [6, 6.07) is 5.89. The molecule has 0 amide bonds. The van der Waals surface area contributed by atoms with Gasteiger partial charge in [0.2, 0.25) is 11.1 Å². The molecule has 1 N–H and O–H groups in total. The molecule has 0 spiro atoms. The molecule has 0 aliphatic carbocycles. The van der Waals surface area contributed by atoms with Crippen molar-refractivity contribution in [3.63, 3.8) is 0 Å². The number of hydrogen-bond acceptors (Lipinski definition) is 5. The minimum Gasteiger partial charge on any atom is -0.360 e. The maximum atomic E-state index is 13.0. The molecule has 0 saturated carbocycles. The van der Waals surface area contributed by atoms with Gasteiger partial charge in [-0.1, -0.05) is 12.1 Å². The Morgan fingerprint density at radius 2 is 2.20 bits per heavy atom. The van der Waals surface area contributed by atoms with Gasteiger partial charge in [0, 0.05) is 6.54 Å². The van der Waals surface area contributed by atoms with Gasteiger partial charge in [0.1, 0.15) is 11.5 Å². The van der Waals surface area contributed by atoms with Crippen molar-refractivity contribution in [2.24, 2.45) is 0 Å². The highest BCUT2D eigenvalue weighted by molar-refractivity contribution is 6.28. The molecule has 1 aromatic heterocycles. The standard InChI is InChI=1S/C12H10ClFN4O2/c1-7-10(18(19)20)11(17-12(13)16-7)15-6-8-3-2-4-9(14)5-8/h2-5H,6H2,1H3,(H,15,16,17). The van der Waals surface area contributed by atoms with Gasteiger partial charge in [-0.15, -0.1) is 0 Å². The number of anilines is 1. The number of nitrogens with one attached hydrogen (secondary N) is 1. The van der Waals surface area contributed by atoms with Crippen molar-refractivity contribution in [3.8, 4) is 0 Å². The Labute approximate surface area is 118 Å². The Hall–Kier alpha value is -2.28. The van der Waals surface area contributed by atoms with Crippen LogP contribution in [0.2, 0.25) is 5.28 Å². The van der Waals surface area contributed by atoms with E-state index in [0.29, 0.717) is 5.56 Å². The molecule has 104 valence electrons. The van der Waals surface area contributed by atoms with E-state index in [0.717, 1.165) is 0 Å². The fraction of sp³-hybridized carbons (Fsp3) is 0.167. The van der Waals surface area contributed by atoms with Crippen molar-refractivity contribution in [1.29, 1.82) is 0 Å². The summed E-state index contributed by atoms with van der Waals surface area (Å²) in [6.45, 7) is 1.66. The zero-order chi connectivity index (χ0) is 14.7. The molecule has 6 nitrogen and oxygen atoms in total. The number of benzene rings is 1. The molecule has 0 bridgehead atoms. The molecule has 1 aromatic carbocycles. The number of halogens is 2. The zero-order valence-electron chi connectivity index (χ0n) is 10.4. The van der Waals surface area contributed by atoms with E-state index in [1.165, 1.54) is 19.1 Å². The molecule has 1 heterocycles. The SMILES string of the molecule is Cc1nc(Cl)nc(NCc2cccc(F)c2)c1[N+](=O)[O-]. The number of aromatic nitrogens is 2. The van der Waals surface area contributed by atoms with Crippen LogP contribution in [0.3, 0.4) is 0 Å². The summed E-state index contributed by atoms with van der Waals surface area (Å²) in [4.78, 5) is 18.0. The third kappa shape index (κ3) is 3.18. The van der Waals surface area contributed by atoms with Gasteiger partial charge in [-0.3, -0.25) is 10.1 Å². The van der Waals surface area contributed by atoms with E-state index < -0.39 is 4.92 Å². The first-order chi connectivity index (χ1) is 9.47. The van der Waals surface area contributed by atoms with Gasteiger partial charge in [-0.25, -0.2) is 9.37 Å². The van der Waals surface area contributed by atoms with E-state index in [-0.39, 0.29) is 34.8 Å². The monoisotopic (exact) mass is 296 g/mol. The summed E-state index contributed by atoms with van der Waals surface area (Å²) in [7, 11) is 0. The lowest BCUT2D eigenvalue weighted by Gasteiger charge is -2.08. The van der Waals surface area contributed by atoms with Crippen LogP contribution in [0, 0.1) is 22.9 Å². The van der Waals surface area contributed by atoms with Crippen LogP contribution < -0.4 is 5.32 Å². The quantitative estimate of drug-likeness (QED) is 0.532. The van der Waals surface area contributed by atoms with Gasteiger partial charge in [0.25, 0.3) is 0 Å². The van der Waals surface area contributed by atoms with Crippen LogP contribution in [0.5, 0.6) is 0 Å². The van der Waals surface area contributed by atoms with Gasteiger partial charge < -0.3 is 5.32 Å². The molecule has 0 radical (unpaired) electrons. The van der Waals surface area contributed by atoms with Gasteiger partial charge >= 0.3 is 5.69 Å². The molecular weight excluding hydrogens is 287 g/mol. The second kappa shape index (κ2) is 5.79. The largest absolute Gasteiger partial charge is 0.360 e. The highest BCUT2D eigenvalue weighted by atomic mass is 35.5. The van der Waals surface area contributed by atoms with Gasteiger partial charge in [0.05, 0.1) is 4.92 Å². The molecule has 2 rings (SSSR count). The van der Waals surface area contributed by atoms with Crippen molar-refractivity contribution >= 4 is 23.1 Å². The normalized spacial score (nSPS) is 10.3. The fourth-order valence-electron chi connectivity index (χ4n) is 1.71. The molecule has 0 atom stereocenters. The van der Waals surface area contributed by atoms with Crippen molar-refractivity contribution in [3.05, 3.63) is 56.7 Å². The third-order valence-corrected chi connectivity index (χ3v) is 2.73. The maximum Gasteiger partial charge on any atom is 0.332 e. The Morgan fingerprint density at radius 1 is 1.45 bits per heavy atom. The Bertz CT molecular complexity index is 666. The van der Waals surface area contributed by atoms with E-state index in [1.54, 1.807) is 12.1 Å². The van der Waals surface area contributed by atoms with Crippen LogP contribution in [0.1, 0.15) is 11.3 Å². The van der Waals surface area contributed by atoms with Gasteiger partial charge in [-0.05, 0) is 36.2 Å². The predicted octanol–water partition coefficient (Wildman–Crippen LogP) is 3.10. The zero-order valence-corrected chi connectivity index (χ0v) is 11.2. The van der Waals surface area contributed by atoms with Gasteiger partial charge in [-0.2, -0.15) is 4.98 Å². The van der Waals surface area contributed by atoms with Crippen molar-refractivity contribution in [2.45, 2.75) is 13.5 Å². The Kier molecular flexibility index (Phi) is 4.09. The number of nitro groups is 1. The fourth-order valence-corrected chi connectivity index (χ4v) is 1.92. The van der Waals surface area contributed by atoms with E-state index in [9.17, 15) is 14.5 Å².